The third kappa shape index (κ3) is 4.10. The lowest BCUT2D eigenvalue weighted by molar-refractivity contribution is 0.673. The molecule has 7 aromatic carbocycles. The van der Waals surface area contributed by atoms with Crippen LogP contribution in [-0.4, -0.2) is 4.57 Å². The lowest BCUT2D eigenvalue weighted by Gasteiger charge is -2.10. The van der Waals surface area contributed by atoms with Gasteiger partial charge in [-0.05, 0) is 81.9 Å². The van der Waals surface area contributed by atoms with Crippen LogP contribution >= 0.6 is 11.3 Å². The molecule has 220 valence electrons. The highest BCUT2D eigenvalue weighted by Crippen LogP contribution is 2.44. The molecule has 10 aromatic rings. The normalized spacial score (nSPS) is 11.8. The number of hydrogen-bond acceptors (Lipinski definition) is 2. The first-order valence-electron chi connectivity index (χ1n) is 15.9. The van der Waals surface area contributed by atoms with Crippen LogP contribution in [0.25, 0.3) is 92.2 Å². The van der Waals surface area contributed by atoms with Crippen LogP contribution < -0.4 is 0 Å². The van der Waals surface area contributed by atoms with Crippen LogP contribution in [0, 0.1) is 0 Å². The molecule has 0 spiro atoms. The first kappa shape index (κ1) is 26.3. The van der Waals surface area contributed by atoms with Crippen molar-refractivity contribution in [3.05, 3.63) is 164 Å². The minimum absolute atomic E-state index is 0.898. The van der Waals surface area contributed by atoms with Gasteiger partial charge in [-0.25, -0.2) is 0 Å². The van der Waals surface area contributed by atoms with E-state index in [1.807, 2.05) is 11.3 Å². The number of furan rings is 1. The van der Waals surface area contributed by atoms with Crippen LogP contribution in [0.2, 0.25) is 0 Å². The Morgan fingerprint density at radius 1 is 0.447 bits per heavy atom. The molecule has 0 radical (unpaired) electrons. The summed E-state index contributed by atoms with van der Waals surface area (Å²) in [6.07, 6.45) is 0. The molecule has 0 N–H and O–H groups in total. The van der Waals surface area contributed by atoms with Crippen LogP contribution in [0.1, 0.15) is 0 Å². The third-order valence-corrected chi connectivity index (χ3v) is 10.5. The van der Waals surface area contributed by atoms with Crippen molar-refractivity contribution >= 4 is 64.5 Å². The molecular weight excluding hydrogens is 591 g/mol. The second-order valence-corrected chi connectivity index (χ2v) is 13.2. The van der Waals surface area contributed by atoms with Crippen LogP contribution in [0.5, 0.6) is 0 Å². The summed E-state index contributed by atoms with van der Waals surface area (Å²) in [7, 11) is 0. The molecule has 0 saturated heterocycles. The number of hydrogen-bond donors (Lipinski definition) is 0. The zero-order valence-electron chi connectivity index (χ0n) is 25.4. The Morgan fingerprint density at radius 2 is 1.06 bits per heavy atom. The average Bonchev–Trinajstić information content (AvgIpc) is 3.80. The molecule has 0 bridgehead atoms. The minimum Gasteiger partial charge on any atom is -0.454 e. The molecule has 0 atom stereocenters. The first-order chi connectivity index (χ1) is 23.3. The molecule has 3 heteroatoms. The maximum Gasteiger partial charge on any atom is 0.161 e. The van der Waals surface area contributed by atoms with Crippen molar-refractivity contribution < 1.29 is 4.42 Å². The Labute approximate surface area is 275 Å². The van der Waals surface area contributed by atoms with E-state index in [0.717, 1.165) is 38.7 Å². The standard InChI is InChI=1S/C44H27NOS/c1-3-11-28(12-4-1)30-21-23-35-36-24-22-31(27-41(36)47-40(35)26-30)29-13-9-14-32(25-29)34-18-10-20-39-42(34)43-44(46-39)37-17-7-8-19-38(37)45(43)33-15-5-2-6-16-33/h1-27H. The SMILES string of the molecule is c1ccc(-c2ccc3c(c2)sc2cc(-c4cccc(-c5cccc6oc7c8ccccc8n(-c8ccccc8)c7c56)c4)ccc23)cc1. The molecule has 10 rings (SSSR count). The molecule has 47 heavy (non-hydrogen) atoms. The summed E-state index contributed by atoms with van der Waals surface area (Å²) in [5, 5.41) is 4.88. The van der Waals surface area contributed by atoms with Gasteiger partial charge in [0.25, 0.3) is 0 Å². The summed E-state index contributed by atoms with van der Waals surface area (Å²) in [5.74, 6) is 0. The van der Waals surface area contributed by atoms with E-state index in [1.54, 1.807) is 0 Å². The van der Waals surface area contributed by atoms with Crippen molar-refractivity contribution in [3.63, 3.8) is 0 Å². The second-order valence-electron chi connectivity index (χ2n) is 12.1. The predicted octanol–water partition coefficient (Wildman–Crippen LogP) is 12.9. The number of fused-ring (bicyclic) bond motifs is 8. The van der Waals surface area contributed by atoms with Gasteiger partial charge < -0.3 is 8.98 Å². The molecule has 0 fully saturated rings. The van der Waals surface area contributed by atoms with Crippen molar-refractivity contribution in [1.29, 1.82) is 0 Å². The van der Waals surface area contributed by atoms with Crippen molar-refractivity contribution in [2.24, 2.45) is 0 Å². The maximum atomic E-state index is 6.64. The van der Waals surface area contributed by atoms with Gasteiger partial charge in [-0.15, -0.1) is 11.3 Å². The minimum atomic E-state index is 0.898. The van der Waals surface area contributed by atoms with Gasteiger partial charge in [0.05, 0.1) is 10.9 Å². The second kappa shape index (κ2) is 10.3. The lowest BCUT2D eigenvalue weighted by Crippen LogP contribution is -1.93. The van der Waals surface area contributed by atoms with E-state index in [1.165, 1.54) is 53.6 Å². The van der Waals surface area contributed by atoms with E-state index in [2.05, 4.69) is 168 Å². The molecule has 0 amide bonds. The average molecular weight is 618 g/mol. The topological polar surface area (TPSA) is 18.1 Å². The highest BCUT2D eigenvalue weighted by atomic mass is 32.1. The van der Waals surface area contributed by atoms with E-state index in [-0.39, 0.29) is 0 Å². The van der Waals surface area contributed by atoms with E-state index in [0.29, 0.717) is 0 Å². The van der Waals surface area contributed by atoms with E-state index >= 15 is 0 Å². The van der Waals surface area contributed by atoms with Crippen LogP contribution in [0.3, 0.4) is 0 Å². The van der Waals surface area contributed by atoms with Gasteiger partial charge in [0.15, 0.2) is 5.58 Å². The largest absolute Gasteiger partial charge is 0.454 e. The molecular formula is C44H27NOS. The zero-order valence-corrected chi connectivity index (χ0v) is 26.2. The summed E-state index contributed by atoms with van der Waals surface area (Å²) in [5.41, 5.74) is 12.5. The van der Waals surface area contributed by atoms with Gasteiger partial charge in [0.2, 0.25) is 0 Å². The quantitative estimate of drug-likeness (QED) is 0.192. The summed E-state index contributed by atoms with van der Waals surface area (Å²) >= 11 is 1.87. The van der Waals surface area contributed by atoms with Crippen molar-refractivity contribution in [3.8, 4) is 39.1 Å². The molecule has 3 heterocycles. The molecule has 0 aliphatic rings. The van der Waals surface area contributed by atoms with Crippen LogP contribution in [-0.2, 0) is 0 Å². The molecule has 0 unspecified atom stereocenters. The number of aromatic nitrogens is 1. The van der Waals surface area contributed by atoms with E-state index < -0.39 is 0 Å². The van der Waals surface area contributed by atoms with E-state index in [4.69, 9.17) is 4.42 Å². The van der Waals surface area contributed by atoms with Gasteiger partial charge in [-0.1, -0.05) is 115 Å². The Balaban J connectivity index is 1.13. The van der Waals surface area contributed by atoms with Crippen LogP contribution in [0.15, 0.2) is 168 Å². The van der Waals surface area contributed by atoms with Crippen molar-refractivity contribution in [2.45, 2.75) is 0 Å². The summed E-state index contributed by atoms with van der Waals surface area (Å²) in [6.45, 7) is 0. The number of rotatable bonds is 4. The highest BCUT2D eigenvalue weighted by Gasteiger charge is 2.21. The van der Waals surface area contributed by atoms with Crippen molar-refractivity contribution in [2.75, 3.05) is 0 Å². The smallest absolute Gasteiger partial charge is 0.161 e. The predicted molar refractivity (Wildman–Crippen MR) is 200 cm³/mol. The fourth-order valence-electron chi connectivity index (χ4n) is 7.23. The Bertz CT molecular complexity index is 2780. The van der Waals surface area contributed by atoms with E-state index in [9.17, 15) is 0 Å². The number of benzene rings is 7. The lowest BCUT2D eigenvalue weighted by atomic mass is 9.96. The molecule has 0 aliphatic heterocycles. The van der Waals surface area contributed by atoms with Gasteiger partial charge in [0.1, 0.15) is 11.1 Å². The van der Waals surface area contributed by atoms with Gasteiger partial charge in [-0.3, -0.25) is 0 Å². The summed E-state index contributed by atoms with van der Waals surface area (Å²) in [4.78, 5) is 0. The van der Waals surface area contributed by atoms with Crippen LogP contribution in [0.4, 0.5) is 0 Å². The summed E-state index contributed by atoms with van der Waals surface area (Å²) in [6, 6.07) is 58.9. The fourth-order valence-corrected chi connectivity index (χ4v) is 8.41. The third-order valence-electron chi connectivity index (χ3n) is 9.41. The monoisotopic (exact) mass is 617 g/mol. The Morgan fingerprint density at radius 3 is 1.85 bits per heavy atom. The number of thiophene rings is 1. The molecule has 3 aromatic heterocycles. The number of para-hydroxylation sites is 2. The molecule has 0 aliphatic carbocycles. The zero-order chi connectivity index (χ0) is 30.9. The number of nitrogens with zero attached hydrogens (tertiary/aromatic N) is 1. The van der Waals surface area contributed by atoms with Gasteiger partial charge >= 0.3 is 0 Å². The highest BCUT2D eigenvalue weighted by molar-refractivity contribution is 7.25. The molecule has 2 nitrogen and oxygen atoms in total. The van der Waals surface area contributed by atoms with Crippen molar-refractivity contribution in [1.82, 2.24) is 4.57 Å². The fraction of sp³-hybridized carbons (Fsp3) is 0. The maximum absolute atomic E-state index is 6.64. The Hall–Kier alpha value is -5.90. The van der Waals surface area contributed by atoms with Gasteiger partial charge in [0, 0.05) is 31.2 Å². The molecule has 0 saturated carbocycles. The Kier molecular flexibility index (Phi) is 5.78. The first-order valence-corrected chi connectivity index (χ1v) is 16.7. The summed E-state index contributed by atoms with van der Waals surface area (Å²) < 4.78 is 11.6. The van der Waals surface area contributed by atoms with Gasteiger partial charge in [-0.2, -0.15) is 0 Å².